The van der Waals surface area contributed by atoms with Crippen LogP contribution < -0.4 is 14.8 Å². The van der Waals surface area contributed by atoms with Gasteiger partial charge < -0.3 is 19.3 Å². The summed E-state index contributed by atoms with van der Waals surface area (Å²) in [6.45, 7) is 3.91. The molecule has 0 aliphatic rings. The number of ether oxygens (including phenoxy) is 2. The molecule has 4 rings (SSSR count). The van der Waals surface area contributed by atoms with Gasteiger partial charge in [0.1, 0.15) is 11.5 Å². The fraction of sp³-hybridized carbons (Fsp3) is 0.238. The lowest BCUT2D eigenvalue weighted by molar-refractivity contribution is 0.395. The van der Waals surface area contributed by atoms with Crippen LogP contribution in [0, 0.1) is 6.92 Å². The van der Waals surface area contributed by atoms with Crippen LogP contribution in [0.15, 0.2) is 41.1 Å². The summed E-state index contributed by atoms with van der Waals surface area (Å²) in [5.41, 5.74) is 3.76. The number of methoxy groups -OCH3 is 2. The maximum absolute atomic E-state index is 5.47. The van der Waals surface area contributed by atoms with Crippen molar-refractivity contribution in [3.8, 4) is 23.0 Å². The van der Waals surface area contributed by atoms with Gasteiger partial charge in [0.05, 0.1) is 25.5 Å². The number of fused-ring (bicyclic) bond motifs is 1. The minimum Gasteiger partial charge on any atom is -0.497 e. The Labute approximate surface area is 167 Å². The monoisotopic (exact) mass is 391 g/mol. The van der Waals surface area contributed by atoms with E-state index in [9.17, 15) is 0 Å². The van der Waals surface area contributed by atoms with Gasteiger partial charge in [-0.15, -0.1) is 0 Å². The van der Waals surface area contributed by atoms with Gasteiger partial charge >= 0.3 is 0 Å². The number of aryl methyl sites for hydroxylation is 2. The first kappa shape index (κ1) is 18.7. The van der Waals surface area contributed by atoms with Crippen LogP contribution in [0.2, 0.25) is 0 Å². The molecule has 0 bridgehead atoms. The molecule has 4 aromatic rings. The molecule has 0 unspecified atom stereocenters. The normalized spacial score (nSPS) is 10.9. The maximum Gasteiger partial charge on any atom is 0.261 e. The van der Waals surface area contributed by atoms with Crippen molar-refractivity contribution in [1.29, 1.82) is 0 Å². The van der Waals surface area contributed by atoms with Gasteiger partial charge in [-0.3, -0.25) is 0 Å². The highest BCUT2D eigenvalue weighted by Crippen LogP contribution is 2.36. The average Bonchev–Trinajstić information content (AvgIpc) is 3.22. The van der Waals surface area contributed by atoms with Crippen molar-refractivity contribution in [1.82, 2.24) is 20.1 Å². The Morgan fingerprint density at radius 2 is 1.79 bits per heavy atom. The lowest BCUT2D eigenvalue weighted by Crippen LogP contribution is -1.99. The molecule has 0 atom stereocenters. The van der Waals surface area contributed by atoms with Crippen LogP contribution in [0.1, 0.15) is 18.4 Å². The molecule has 0 spiro atoms. The summed E-state index contributed by atoms with van der Waals surface area (Å²) < 4.78 is 16.2. The fourth-order valence-electron chi connectivity index (χ4n) is 3.00. The quantitative estimate of drug-likeness (QED) is 0.519. The molecule has 8 nitrogen and oxygen atoms in total. The van der Waals surface area contributed by atoms with Gasteiger partial charge in [0.25, 0.3) is 5.89 Å². The van der Waals surface area contributed by atoms with Crippen molar-refractivity contribution in [2.24, 2.45) is 0 Å². The Kier molecular flexibility index (Phi) is 4.99. The highest BCUT2D eigenvalue weighted by molar-refractivity contribution is 5.98. The predicted octanol–water partition coefficient (Wildman–Crippen LogP) is 4.31. The smallest absolute Gasteiger partial charge is 0.261 e. The van der Waals surface area contributed by atoms with Crippen LogP contribution in [0.5, 0.6) is 11.5 Å². The first-order chi connectivity index (χ1) is 14.1. The van der Waals surface area contributed by atoms with Gasteiger partial charge in [-0.2, -0.15) is 4.98 Å². The number of aromatic nitrogens is 4. The van der Waals surface area contributed by atoms with E-state index >= 15 is 0 Å². The summed E-state index contributed by atoms with van der Waals surface area (Å²) in [5.74, 6) is 2.38. The highest BCUT2D eigenvalue weighted by Gasteiger charge is 2.18. The summed E-state index contributed by atoms with van der Waals surface area (Å²) >= 11 is 0. The Hall–Kier alpha value is -3.68. The number of hydrogen-bond acceptors (Lipinski definition) is 8. The maximum atomic E-state index is 5.47. The lowest BCUT2D eigenvalue weighted by Gasteiger charge is -2.14. The summed E-state index contributed by atoms with van der Waals surface area (Å²) in [6, 6.07) is 9.49. The fourth-order valence-corrected chi connectivity index (χ4v) is 3.00. The topological polar surface area (TPSA) is 95.2 Å². The van der Waals surface area contributed by atoms with Gasteiger partial charge in [0.15, 0.2) is 11.5 Å². The van der Waals surface area contributed by atoms with Crippen molar-refractivity contribution in [2.45, 2.75) is 20.3 Å². The molecule has 0 aliphatic heterocycles. The van der Waals surface area contributed by atoms with Crippen LogP contribution in [0.4, 0.5) is 11.4 Å². The average molecular weight is 391 g/mol. The van der Waals surface area contributed by atoms with E-state index in [1.165, 1.54) is 0 Å². The molecular weight excluding hydrogens is 370 g/mol. The first-order valence-corrected chi connectivity index (χ1v) is 9.20. The molecule has 0 aliphatic carbocycles. The molecule has 0 saturated carbocycles. The van der Waals surface area contributed by atoms with E-state index < -0.39 is 0 Å². The molecule has 0 saturated heterocycles. The number of nitrogens with one attached hydrogen (secondary N) is 1. The van der Waals surface area contributed by atoms with Gasteiger partial charge in [-0.1, -0.05) is 12.1 Å². The second-order valence-corrected chi connectivity index (χ2v) is 6.47. The molecule has 1 aromatic carbocycles. The van der Waals surface area contributed by atoms with Gasteiger partial charge in [0, 0.05) is 47.6 Å². The van der Waals surface area contributed by atoms with E-state index in [1.54, 1.807) is 20.4 Å². The van der Waals surface area contributed by atoms with Crippen molar-refractivity contribution < 1.29 is 14.0 Å². The molecule has 29 heavy (non-hydrogen) atoms. The summed E-state index contributed by atoms with van der Waals surface area (Å²) in [6.07, 6.45) is 2.38. The third-order valence-corrected chi connectivity index (χ3v) is 4.50. The number of anilines is 2. The van der Waals surface area contributed by atoms with Gasteiger partial charge in [0.2, 0.25) is 0 Å². The van der Waals surface area contributed by atoms with Crippen LogP contribution >= 0.6 is 0 Å². The summed E-state index contributed by atoms with van der Waals surface area (Å²) in [7, 11) is 3.23. The number of pyridine rings is 2. The molecule has 8 heteroatoms. The molecule has 1 N–H and O–H groups in total. The van der Waals surface area contributed by atoms with Gasteiger partial charge in [-0.25, -0.2) is 9.97 Å². The summed E-state index contributed by atoms with van der Waals surface area (Å²) in [5, 5.41) is 8.29. The van der Waals surface area contributed by atoms with Gasteiger partial charge in [-0.05, 0) is 19.1 Å². The second-order valence-electron chi connectivity index (χ2n) is 6.47. The Morgan fingerprint density at radius 3 is 2.45 bits per heavy atom. The molecule has 3 aromatic heterocycles. The third kappa shape index (κ3) is 3.69. The molecule has 148 valence electrons. The van der Waals surface area contributed by atoms with Crippen molar-refractivity contribution >= 4 is 22.4 Å². The van der Waals surface area contributed by atoms with E-state index in [2.05, 4.69) is 25.4 Å². The zero-order chi connectivity index (χ0) is 20.4. The van der Waals surface area contributed by atoms with E-state index in [0.29, 0.717) is 40.8 Å². The summed E-state index contributed by atoms with van der Waals surface area (Å²) in [4.78, 5) is 13.5. The highest BCUT2D eigenvalue weighted by atomic mass is 16.5. The van der Waals surface area contributed by atoms with E-state index in [1.807, 2.05) is 44.2 Å². The molecule has 3 heterocycles. The molecule has 0 amide bonds. The largest absolute Gasteiger partial charge is 0.497 e. The van der Waals surface area contributed by atoms with Crippen molar-refractivity contribution in [3.05, 3.63) is 48.0 Å². The third-order valence-electron chi connectivity index (χ3n) is 4.50. The van der Waals surface area contributed by atoms with Crippen molar-refractivity contribution in [2.75, 3.05) is 19.5 Å². The molecular formula is C21H21N5O3. The number of hydrogen-bond donors (Lipinski definition) is 1. The van der Waals surface area contributed by atoms with E-state index in [-0.39, 0.29) is 0 Å². The number of benzene rings is 1. The van der Waals surface area contributed by atoms with E-state index in [0.717, 1.165) is 22.5 Å². The van der Waals surface area contributed by atoms with Crippen molar-refractivity contribution in [3.63, 3.8) is 0 Å². The zero-order valence-corrected chi connectivity index (χ0v) is 16.7. The molecule has 0 radical (unpaired) electrons. The Bertz CT molecular complexity index is 1150. The zero-order valence-electron chi connectivity index (χ0n) is 16.7. The lowest BCUT2D eigenvalue weighted by atomic mass is 10.1. The van der Waals surface area contributed by atoms with E-state index in [4.69, 9.17) is 14.0 Å². The first-order valence-electron chi connectivity index (χ1n) is 9.20. The number of nitrogens with zero attached hydrogens (tertiary/aromatic N) is 4. The minimum absolute atomic E-state index is 0.397. The Morgan fingerprint density at radius 1 is 1.03 bits per heavy atom. The standard InChI is InChI=1S/C21H21N5O3/c1-5-18-25-21(29-26-18)17-11-22-20-16(7-6-12(2)23-20)19(17)24-13-8-14(27-3)10-15(9-13)28-4/h6-11H,5H2,1-4H3,(H,22,23,24). The molecule has 0 fully saturated rings. The minimum atomic E-state index is 0.397. The van der Waals surface area contributed by atoms with Crippen LogP contribution in [-0.4, -0.2) is 34.3 Å². The predicted molar refractivity (Wildman–Crippen MR) is 110 cm³/mol. The SMILES string of the molecule is CCc1noc(-c2cnc3nc(C)ccc3c2Nc2cc(OC)cc(OC)c2)n1. The van der Waals surface area contributed by atoms with Crippen LogP contribution in [0.3, 0.4) is 0 Å². The number of rotatable bonds is 6. The van der Waals surface area contributed by atoms with Crippen LogP contribution in [0.25, 0.3) is 22.5 Å². The van der Waals surface area contributed by atoms with Crippen LogP contribution in [-0.2, 0) is 6.42 Å². The Balaban J connectivity index is 1.89. The second kappa shape index (κ2) is 7.75.